The number of aliphatic hydroxyl groups is 1. The molecule has 0 saturated heterocycles. The Morgan fingerprint density at radius 1 is 0.950 bits per heavy atom. The highest BCUT2D eigenvalue weighted by atomic mass is 16.5. The summed E-state index contributed by atoms with van der Waals surface area (Å²) in [5.74, 6) is -0.125. The predicted octanol–water partition coefficient (Wildman–Crippen LogP) is 1.96. The smallest absolute Gasteiger partial charge is 0.198 e. The lowest BCUT2D eigenvalue weighted by Crippen LogP contribution is -2.23. The van der Waals surface area contributed by atoms with Crippen LogP contribution in [0.25, 0.3) is 0 Å². The molecule has 0 amide bonds. The molecule has 2 aromatic rings. The average molecular weight is 268 g/mol. The number of hydrogen-bond donors (Lipinski definition) is 1. The Kier molecular flexibility index (Phi) is 2.88. The van der Waals surface area contributed by atoms with Gasteiger partial charge in [-0.3, -0.25) is 9.59 Å². The highest BCUT2D eigenvalue weighted by Gasteiger charge is 2.33. The van der Waals surface area contributed by atoms with E-state index in [0.717, 1.165) is 0 Å². The second kappa shape index (κ2) is 4.58. The van der Waals surface area contributed by atoms with Crippen LogP contribution in [0.2, 0.25) is 0 Å². The Morgan fingerprint density at radius 2 is 1.60 bits per heavy atom. The molecule has 4 heteroatoms. The van der Waals surface area contributed by atoms with Crippen LogP contribution in [0.15, 0.2) is 36.4 Å². The molecule has 0 unspecified atom stereocenters. The summed E-state index contributed by atoms with van der Waals surface area (Å²) in [7, 11) is 1.46. The van der Waals surface area contributed by atoms with Gasteiger partial charge < -0.3 is 9.84 Å². The van der Waals surface area contributed by atoms with E-state index in [0.29, 0.717) is 22.4 Å². The van der Waals surface area contributed by atoms with Crippen LogP contribution in [0.5, 0.6) is 5.75 Å². The first kappa shape index (κ1) is 12.6. The zero-order valence-corrected chi connectivity index (χ0v) is 10.8. The highest BCUT2D eigenvalue weighted by molar-refractivity contribution is 6.29. The molecule has 0 heterocycles. The molecule has 4 nitrogen and oxygen atoms in total. The monoisotopic (exact) mass is 268 g/mol. The van der Waals surface area contributed by atoms with Crippen LogP contribution in [0.4, 0.5) is 0 Å². The summed E-state index contributed by atoms with van der Waals surface area (Å²) in [5.41, 5.74) is 1.68. The predicted molar refractivity (Wildman–Crippen MR) is 72.2 cm³/mol. The van der Waals surface area contributed by atoms with Crippen molar-refractivity contribution in [2.45, 2.75) is 6.61 Å². The Bertz CT molecular complexity index is 672. The number of carbonyl (C=O) groups is 2. The molecule has 20 heavy (non-hydrogen) atoms. The molecular weight excluding hydrogens is 256 g/mol. The summed E-state index contributed by atoms with van der Waals surface area (Å²) in [5, 5.41) is 9.38. The van der Waals surface area contributed by atoms with Gasteiger partial charge in [-0.05, 0) is 11.6 Å². The van der Waals surface area contributed by atoms with Crippen molar-refractivity contribution in [3.8, 4) is 5.75 Å². The van der Waals surface area contributed by atoms with E-state index in [4.69, 9.17) is 4.74 Å². The number of aliphatic hydroxyl groups excluding tert-OH is 1. The fourth-order valence-electron chi connectivity index (χ4n) is 2.58. The van der Waals surface area contributed by atoms with Crippen molar-refractivity contribution < 1.29 is 19.4 Å². The SMILES string of the molecule is COc1cccc2c1C(=O)c1c(CO)cccc1C2=O. The fraction of sp³-hybridized carbons (Fsp3) is 0.125. The van der Waals surface area contributed by atoms with E-state index < -0.39 is 0 Å². The van der Waals surface area contributed by atoms with Gasteiger partial charge in [0.2, 0.25) is 0 Å². The molecule has 1 aliphatic rings. The van der Waals surface area contributed by atoms with Crippen molar-refractivity contribution in [3.05, 3.63) is 64.2 Å². The van der Waals surface area contributed by atoms with Gasteiger partial charge in [-0.15, -0.1) is 0 Å². The molecule has 0 spiro atoms. The van der Waals surface area contributed by atoms with Gasteiger partial charge in [0.05, 0.1) is 19.3 Å². The van der Waals surface area contributed by atoms with Crippen molar-refractivity contribution in [3.63, 3.8) is 0 Å². The third kappa shape index (κ3) is 1.58. The second-order valence-electron chi connectivity index (χ2n) is 4.54. The number of fused-ring (bicyclic) bond motifs is 2. The van der Waals surface area contributed by atoms with Gasteiger partial charge in [-0.25, -0.2) is 0 Å². The van der Waals surface area contributed by atoms with Crippen LogP contribution in [0.3, 0.4) is 0 Å². The van der Waals surface area contributed by atoms with E-state index in [1.807, 2.05) is 0 Å². The summed E-state index contributed by atoms with van der Waals surface area (Å²) < 4.78 is 5.18. The Hall–Kier alpha value is -2.46. The van der Waals surface area contributed by atoms with Crippen LogP contribution in [-0.4, -0.2) is 23.8 Å². The van der Waals surface area contributed by atoms with Crippen LogP contribution >= 0.6 is 0 Å². The topological polar surface area (TPSA) is 63.6 Å². The van der Waals surface area contributed by atoms with Gasteiger partial charge in [0.25, 0.3) is 0 Å². The van der Waals surface area contributed by atoms with Gasteiger partial charge in [0.1, 0.15) is 5.75 Å². The van der Waals surface area contributed by atoms with E-state index in [1.54, 1.807) is 36.4 Å². The first-order valence-electron chi connectivity index (χ1n) is 6.18. The van der Waals surface area contributed by atoms with Crippen molar-refractivity contribution in [2.24, 2.45) is 0 Å². The molecular formula is C16H12O4. The molecule has 0 radical (unpaired) electrons. The van der Waals surface area contributed by atoms with E-state index in [9.17, 15) is 14.7 Å². The lowest BCUT2D eigenvalue weighted by Gasteiger charge is -2.21. The summed E-state index contributed by atoms with van der Waals surface area (Å²) in [6.07, 6.45) is 0. The zero-order valence-electron chi connectivity index (χ0n) is 10.8. The fourth-order valence-corrected chi connectivity index (χ4v) is 2.58. The van der Waals surface area contributed by atoms with Gasteiger partial charge in [-0.2, -0.15) is 0 Å². The molecule has 0 fully saturated rings. The van der Waals surface area contributed by atoms with Crippen LogP contribution in [-0.2, 0) is 6.61 Å². The molecule has 100 valence electrons. The van der Waals surface area contributed by atoms with E-state index in [-0.39, 0.29) is 29.3 Å². The van der Waals surface area contributed by atoms with Crippen LogP contribution in [0, 0.1) is 0 Å². The molecule has 1 N–H and O–H groups in total. The number of rotatable bonds is 2. The minimum atomic E-state index is -0.285. The lowest BCUT2D eigenvalue weighted by molar-refractivity contribution is 0.0974. The lowest BCUT2D eigenvalue weighted by atomic mass is 9.81. The first-order chi connectivity index (χ1) is 9.69. The minimum absolute atomic E-state index is 0.219. The quantitative estimate of drug-likeness (QED) is 0.771. The second-order valence-corrected chi connectivity index (χ2v) is 4.54. The van der Waals surface area contributed by atoms with Crippen molar-refractivity contribution in [1.82, 2.24) is 0 Å². The minimum Gasteiger partial charge on any atom is -0.496 e. The van der Waals surface area contributed by atoms with Gasteiger partial charge in [0, 0.05) is 16.7 Å². The van der Waals surface area contributed by atoms with Gasteiger partial charge >= 0.3 is 0 Å². The molecule has 1 aliphatic carbocycles. The number of ether oxygens (including phenoxy) is 1. The molecule has 0 saturated carbocycles. The Balaban J connectivity index is 2.34. The van der Waals surface area contributed by atoms with Gasteiger partial charge in [0.15, 0.2) is 11.6 Å². The first-order valence-corrected chi connectivity index (χ1v) is 6.18. The Labute approximate surface area is 115 Å². The van der Waals surface area contributed by atoms with E-state index in [1.165, 1.54) is 7.11 Å². The van der Waals surface area contributed by atoms with Crippen molar-refractivity contribution in [1.29, 1.82) is 0 Å². The maximum atomic E-state index is 12.7. The maximum absolute atomic E-state index is 12.7. The highest BCUT2D eigenvalue weighted by Crippen LogP contribution is 2.34. The van der Waals surface area contributed by atoms with Crippen molar-refractivity contribution in [2.75, 3.05) is 7.11 Å². The van der Waals surface area contributed by atoms with Crippen molar-refractivity contribution >= 4 is 11.6 Å². The largest absolute Gasteiger partial charge is 0.496 e. The Morgan fingerprint density at radius 3 is 2.25 bits per heavy atom. The van der Waals surface area contributed by atoms with Crippen LogP contribution < -0.4 is 4.74 Å². The summed E-state index contributed by atoms with van der Waals surface area (Å²) in [4.78, 5) is 25.2. The number of benzene rings is 2. The molecule has 0 bridgehead atoms. The average Bonchev–Trinajstić information content (AvgIpc) is 2.50. The molecule has 0 atom stereocenters. The molecule has 3 rings (SSSR count). The molecule has 0 aliphatic heterocycles. The third-order valence-corrected chi connectivity index (χ3v) is 3.51. The summed E-state index contributed by atoms with van der Waals surface area (Å²) in [6.45, 7) is -0.285. The molecule has 2 aromatic carbocycles. The molecule has 0 aromatic heterocycles. The number of methoxy groups -OCH3 is 1. The van der Waals surface area contributed by atoms with E-state index >= 15 is 0 Å². The third-order valence-electron chi connectivity index (χ3n) is 3.51. The standard InChI is InChI=1S/C16H12O4/c1-20-12-7-3-6-11-14(12)16(19)13-9(8-17)4-2-5-10(13)15(11)18/h2-7,17H,8H2,1H3. The number of hydrogen-bond acceptors (Lipinski definition) is 4. The summed E-state index contributed by atoms with van der Waals surface area (Å²) >= 11 is 0. The van der Waals surface area contributed by atoms with E-state index in [2.05, 4.69) is 0 Å². The summed E-state index contributed by atoms with van der Waals surface area (Å²) in [6, 6.07) is 9.87. The van der Waals surface area contributed by atoms with Gasteiger partial charge in [-0.1, -0.05) is 30.3 Å². The number of carbonyl (C=O) groups excluding carboxylic acids is 2. The zero-order chi connectivity index (χ0) is 14.3. The normalized spacial score (nSPS) is 12.9. The number of ketones is 2. The maximum Gasteiger partial charge on any atom is 0.198 e. The van der Waals surface area contributed by atoms with Crippen LogP contribution in [0.1, 0.15) is 37.4 Å².